The van der Waals surface area contributed by atoms with Crippen molar-refractivity contribution in [1.82, 2.24) is 0 Å². The highest BCUT2D eigenvalue weighted by Gasteiger charge is 2.35. The Morgan fingerprint density at radius 1 is 0.537 bits per heavy atom. The maximum Gasteiger partial charge on any atom is 0.314 e. The van der Waals surface area contributed by atoms with E-state index in [4.69, 9.17) is 9.47 Å². The van der Waals surface area contributed by atoms with Crippen molar-refractivity contribution < 1.29 is 19.1 Å². The molecular formula is C50H70O4. The molecule has 2 aromatic rings. The molecule has 0 heterocycles. The predicted molar refractivity (Wildman–Crippen MR) is 223 cm³/mol. The van der Waals surface area contributed by atoms with E-state index in [2.05, 4.69) is 39.1 Å². The van der Waals surface area contributed by atoms with Crippen LogP contribution in [0.15, 0.2) is 61.7 Å². The van der Waals surface area contributed by atoms with Crippen molar-refractivity contribution >= 4 is 11.9 Å². The lowest BCUT2D eigenvalue weighted by Gasteiger charge is -2.37. The Kier molecular flexibility index (Phi) is 15.1. The Hall–Kier alpha value is -3.14. The summed E-state index contributed by atoms with van der Waals surface area (Å²) in [6.07, 6.45) is 29.9. The van der Waals surface area contributed by atoms with Gasteiger partial charge in [0.2, 0.25) is 0 Å². The number of esters is 2. The number of benzene rings is 2. The Morgan fingerprint density at radius 2 is 0.870 bits per heavy atom. The summed E-state index contributed by atoms with van der Waals surface area (Å²) in [5.41, 5.74) is 3.98. The summed E-state index contributed by atoms with van der Waals surface area (Å²) >= 11 is 0. The van der Waals surface area contributed by atoms with Crippen molar-refractivity contribution in [3.8, 4) is 22.6 Å². The molecule has 6 rings (SSSR count). The average molecular weight is 735 g/mol. The molecule has 0 aromatic heterocycles. The Morgan fingerprint density at radius 3 is 1.19 bits per heavy atom. The normalized spacial score (nSPS) is 28.9. The van der Waals surface area contributed by atoms with Crippen LogP contribution in [0.1, 0.15) is 153 Å². The Balaban J connectivity index is 1.03. The maximum absolute atomic E-state index is 13.5. The molecular weight excluding hydrogens is 665 g/mol. The fourth-order valence-electron chi connectivity index (χ4n) is 11.1. The third-order valence-corrected chi connectivity index (χ3v) is 14.3. The van der Waals surface area contributed by atoms with Crippen molar-refractivity contribution in [2.24, 2.45) is 47.3 Å². The Bertz CT molecular complexity index is 1410. The number of hydrogen-bond acceptors (Lipinski definition) is 4. The second-order valence-corrected chi connectivity index (χ2v) is 17.8. The quantitative estimate of drug-likeness (QED) is 0.104. The fraction of sp³-hybridized carbons (Fsp3) is 0.640. The van der Waals surface area contributed by atoms with Crippen LogP contribution < -0.4 is 9.47 Å². The number of carbonyl (C=O) groups excluding carboxylic acids is 2. The maximum atomic E-state index is 13.5. The molecule has 0 saturated heterocycles. The molecule has 4 fully saturated rings. The smallest absolute Gasteiger partial charge is 0.314 e. The van der Waals surface area contributed by atoms with Crippen LogP contribution in [0.5, 0.6) is 11.5 Å². The second kappa shape index (κ2) is 20.1. The lowest BCUT2D eigenvalue weighted by molar-refractivity contribution is -0.141. The standard InChI is InChI=1S/C50H70O4/c1-5-9-35-13-17-37(18-14-35)39-21-25-41(26-22-39)49(51)53-47-31-29-43(33-45(47)11-7-3)44-30-32-48(46(34-44)12-8-4)54-50(52)42-27-23-40(24-28-42)38-19-15-36(10-6-2)16-20-38/h7-8,29-42H,3-6,9-28H2,1-2H3/t35-,36-,37-,38-,39-,40-,41-,42-. The van der Waals surface area contributed by atoms with Gasteiger partial charge in [-0.3, -0.25) is 9.59 Å². The van der Waals surface area contributed by atoms with Gasteiger partial charge in [-0.15, -0.1) is 13.2 Å². The van der Waals surface area contributed by atoms with Crippen LogP contribution in [0.2, 0.25) is 0 Å². The molecule has 0 unspecified atom stereocenters. The summed E-state index contributed by atoms with van der Waals surface area (Å²) in [7, 11) is 0. The molecule has 4 nitrogen and oxygen atoms in total. The van der Waals surface area contributed by atoms with E-state index in [9.17, 15) is 9.59 Å². The van der Waals surface area contributed by atoms with Crippen LogP contribution in [0.4, 0.5) is 0 Å². The third kappa shape index (κ3) is 10.6. The van der Waals surface area contributed by atoms with Crippen LogP contribution in [-0.2, 0) is 22.4 Å². The first-order chi connectivity index (χ1) is 26.4. The highest BCUT2D eigenvalue weighted by Crippen LogP contribution is 2.44. The van der Waals surface area contributed by atoms with Gasteiger partial charge in [0.05, 0.1) is 11.8 Å². The van der Waals surface area contributed by atoms with E-state index in [1.165, 1.54) is 77.0 Å². The van der Waals surface area contributed by atoms with Gasteiger partial charge in [-0.05, 0) is 172 Å². The van der Waals surface area contributed by atoms with E-state index in [-0.39, 0.29) is 23.8 Å². The summed E-state index contributed by atoms with van der Waals surface area (Å²) in [6, 6.07) is 12.2. The van der Waals surface area contributed by atoms with Gasteiger partial charge >= 0.3 is 11.9 Å². The van der Waals surface area contributed by atoms with Crippen molar-refractivity contribution in [1.29, 1.82) is 0 Å². The molecule has 0 N–H and O–H groups in total. The molecule has 0 bridgehead atoms. The van der Waals surface area contributed by atoms with E-state index in [0.29, 0.717) is 24.3 Å². The van der Waals surface area contributed by atoms with E-state index in [0.717, 1.165) is 109 Å². The van der Waals surface area contributed by atoms with Crippen LogP contribution in [0.25, 0.3) is 11.1 Å². The minimum Gasteiger partial charge on any atom is -0.426 e. The largest absolute Gasteiger partial charge is 0.426 e. The molecule has 0 amide bonds. The van der Waals surface area contributed by atoms with Gasteiger partial charge < -0.3 is 9.47 Å². The van der Waals surface area contributed by atoms with Gasteiger partial charge in [0.1, 0.15) is 11.5 Å². The summed E-state index contributed by atoms with van der Waals surface area (Å²) in [6.45, 7) is 12.6. The highest BCUT2D eigenvalue weighted by atomic mass is 16.5. The monoisotopic (exact) mass is 735 g/mol. The molecule has 54 heavy (non-hydrogen) atoms. The first-order valence-corrected chi connectivity index (χ1v) is 22.3. The SMILES string of the molecule is C=CCc1cc(-c2ccc(OC(=O)[C@H]3CC[C@H]([C@H]4CC[C@H](CCC)CC4)CC3)c(CC=C)c2)ccc1OC(=O)[C@H]1CC[C@H]([C@H]2CC[C@H](CCC)CC2)CC1. The zero-order valence-corrected chi connectivity index (χ0v) is 33.8. The van der Waals surface area contributed by atoms with Crippen molar-refractivity contribution in [3.05, 3.63) is 72.8 Å². The number of allylic oxidation sites excluding steroid dienone is 2. The van der Waals surface area contributed by atoms with E-state index in [1.54, 1.807) is 0 Å². The predicted octanol–water partition coefficient (Wildman–Crippen LogP) is 13.4. The van der Waals surface area contributed by atoms with Gasteiger partial charge in [0.25, 0.3) is 0 Å². The van der Waals surface area contributed by atoms with E-state index < -0.39 is 0 Å². The Labute approximate surface area is 328 Å². The fourth-order valence-corrected chi connectivity index (χ4v) is 11.1. The molecule has 294 valence electrons. The first-order valence-electron chi connectivity index (χ1n) is 22.3. The molecule has 4 aliphatic carbocycles. The molecule has 0 radical (unpaired) electrons. The van der Waals surface area contributed by atoms with E-state index >= 15 is 0 Å². The average Bonchev–Trinajstić information content (AvgIpc) is 3.20. The van der Waals surface area contributed by atoms with Gasteiger partial charge in [-0.2, -0.15) is 0 Å². The summed E-state index contributed by atoms with van der Waals surface area (Å²) in [4.78, 5) is 26.9. The molecule has 0 atom stereocenters. The third-order valence-electron chi connectivity index (χ3n) is 14.3. The van der Waals surface area contributed by atoms with E-state index in [1.807, 2.05) is 36.4 Å². The van der Waals surface area contributed by atoms with Gasteiger partial charge in [0, 0.05) is 0 Å². The zero-order valence-electron chi connectivity index (χ0n) is 33.8. The molecule has 0 aliphatic heterocycles. The first kappa shape index (κ1) is 40.5. The lowest BCUT2D eigenvalue weighted by atomic mass is 9.69. The molecule has 0 spiro atoms. The number of rotatable bonds is 15. The summed E-state index contributed by atoms with van der Waals surface area (Å²) < 4.78 is 12.3. The highest BCUT2D eigenvalue weighted by molar-refractivity contribution is 5.78. The van der Waals surface area contributed by atoms with Gasteiger partial charge in [-0.25, -0.2) is 0 Å². The minimum absolute atomic E-state index is 0.0176. The number of hydrogen-bond donors (Lipinski definition) is 0. The summed E-state index contributed by atoms with van der Waals surface area (Å²) in [5.74, 6) is 6.21. The molecule has 2 aromatic carbocycles. The van der Waals surface area contributed by atoms with Crippen LogP contribution in [-0.4, -0.2) is 11.9 Å². The van der Waals surface area contributed by atoms with Crippen LogP contribution in [0.3, 0.4) is 0 Å². The van der Waals surface area contributed by atoms with Crippen molar-refractivity contribution in [3.63, 3.8) is 0 Å². The molecule has 4 heteroatoms. The molecule has 4 saturated carbocycles. The number of ether oxygens (including phenoxy) is 2. The van der Waals surface area contributed by atoms with Gasteiger partial charge in [0.15, 0.2) is 0 Å². The molecule has 4 aliphatic rings. The second-order valence-electron chi connectivity index (χ2n) is 17.8. The van der Waals surface area contributed by atoms with Crippen LogP contribution in [0, 0.1) is 47.3 Å². The van der Waals surface area contributed by atoms with Gasteiger partial charge in [-0.1, -0.05) is 89.5 Å². The van der Waals surface area contributed by atoms with Crippen molar-refractivity contribution in [2.75, 3.05) is 0 Å². The summed E-state index contributed by atoms with van der Waals surface area (Å²) in [5, 5.41) is 0. The zero-order chi connectivity index (χ0) is 37.9. The topological polar surface area (TPSA) is 52.6 Å². The number of carbonyl (C=O) groups is 2. The lowest BCUT2D eigenvalue weighted by Crippen LogP contribution is -2.30. The minimum atomic E-state index is -0.0828. The van der Waals surface area contributed by atoms with Crippen molar-refractivity contribution in [2.45, 2.75) is 155 Å². The van der Waals surface area contributed by atoms with Crippen LogP contribution >= 0.6 is 0 Å².